The molecule has 2 aliphatic rings. The number of rotatable bonds is 9. The Morgan fingerprint density at radius 3 is 2.03 bits per heavy atom. The van der Waals surface area contributed by atoms with Gasteiger partial charge in [-0.1, -0.05) is 86.6 Å². The van der Waals surface area contributed by atoms with Crippen LogP contribution in [0.25, 0.3) is 0 Å². The van der Waals surface area contributed by atoms with Crippen LogP contribution in [-0.4, -0.2) is 46.3 Å². The number of hydrogen-bond acceptors (Lipinski definition) is 4. The molecule has 0 aromatic heterocycles. The molecule has 2 saturated heterocycles. The van der Waals surface area contributed by atoms with E-state index in [0.717, 1.165) is 36.5 Å². The summed E-state index contributed by atoms with van der Waals surface area (Å²) in [5.74, 6) is 1.23. The van der Waals surface area contributed by atoms with E-state index in [-0.39, 0.29) is 11.8 Å². The van der Waals surface area contributed by atoms with E-state index in [9.17, 15) is 9.59 Å². The lowest BCUT2D eigenvalue weighted by atomic mass is 9.80. The molecule has 5 rings (SSSR count). The Morgan fingerprint density at radius 2 is 1.41 bits per heavy atom. The molecule has 0 radical (unpaired) electrons. The Hall–Kier alpha value is -3.64. The number of carbonyl (C=O) groups is 2. The second kappa shape index (κ2) is 12.0. The van der Waals surface area contributed by atoms with Crippen molar-refractivity contribution in [1.29, 1.82) is 0 Å². The van der Waals surface area contributed by atoms with E-state index in [1.807, 2.05) is 65.6 Å². The number of piperazine rings is 1. The highest BCUT2D eigenvalue weighted by Gasteiger charge is 2.53. The van der Waals surface area contributed by atoms with Crippen molar-refractivity contribution in [3.8, 4) is 5.75 Å². The molecule has 3 aromatic carbocycles. The zero-order valence-electron chi connectivity index (χ0n) is 23.0. The van der Waals surface area contributed by atoms with Gasteiger partial charge in [0.2, 0.25) is 11.8 Å². The van der Waals surface area contributed by atoms with Crippen molar-refractivity contribution in [2.45, 2.75) is 64.4 Å². The highest BCUT2D eigenvalue weighted by atomic mass is 16.5. The molecule has 1 N–H and O–H groups in total. The molecule has 39 heavy (non-hydrogen) atoms. The molecule has 0 aliphatic carbocycles. The van der Waals surface area contributed by atoms with E-state index in [4.69, 9.17) is 4.74 Å². The van der Waals surface area contributed by atoms with Crippen molar-refractivity contribution in [3.05, 3.63) is 102 Å². The second-order valence-electron chi connectivity index (χ2n) is 11.3. The van der Waals surface area contributed by atoms with Crippen LogP contribution in [0.3, 0.4) is 0 Å². The molecule has 0 saturated carbocycles. The van der Waals surface area contributed by atoms with Crippen molar-refractivity contribution >= 4 is 11.8 Å². The third-order valence-electron chi connectivity index (χ3n) is 7.96. The van der Waals surface area contributed by atoms with Crippen LogP contribution in [0.5, 0.6) is 5.75 Å². The summed E-state index contributed by atoms with van der Waals surface area (Å²) < 4.78 is 5.93. The van der Waals surface area contributed by atoms with Gasteiger partial charge in [-0.25, -0.2) is 0 Å². The largest absolute Gasteiger partial charge is 0.489 e. The minimum absolute atomic E-state index is 0.00301. The first-order chi connectivity index (χ1) is 18.9. The summed E-state index contributed by atoms with van der Waals surface area (Å²) in [6.45, 7) is 7.51. The summed E-state index contributed by atoms with van der Waals surface area (Å²) in [5.41, 5.74) is 2.61. The average Bonchev–Trinajstić information content (AvgIpc) is 2.95. The lowest BCUT2D eigenvalue weighted by Gasteiger charge is -2.52. The minimum atomic E-state index is -0.800. The number of hydrogen-bond donors (Lipinski definition) is 1. The first kappa shape index (κ1) is 26.9. The molecular formula is C33H39N3O3. The van der Waals surface area contributed by atoms with E-state index in [2.05, 4.69) is 48.3 Å². The number of piperidine rings is 1. The van der Waals surface area contributed by atoms with Gasteiger partial charge in [0, 0.05) is 26.2 Å². The van der Waals surface area contributed by atoms with Crippen LogP contribution < -0.4 is 10.1 Å². The fourth-order valence-corrected chi connectivity index (χ4v) is 5.77. The maximum absolute atomic E-state index is 13.7. The molecule has 0 bridgehead atoms. The number of nitrogens with zero attached hydrogens (tertiary/aromatic N) is 2. The van der Waals surface area contributed by atoms with E-state index in [1.54, 1.807) is 0 Å². The lowest BCUT2D eigenvalue weighted by Crippen LogP contribution is -2.72. The van der Waals surface area contributed by atoms with E-state index in [1.165, 1.54) is 5.56 Å². The van der Waals surface area contributed by atoms with E-state index in [0.29, 0.717) is 38.3 Å². The molecule has 1 unspecified atom stereocenters. The second-order valence-corrected chi connectivity index (χ2v) is 11.3. The first-order valence-corrected chi connectivity index (χ1v) is 14.1. The molecular weight excluding hydrogens is 486 g/mol. The van der Waals surface area contributed by atoms with Gasteiger partial charge in [-0.05, 0) is 54.0 Å². The van der Waals surface area contributed by atoms with Gasteiger partial charge in [-0.2, -0.15) is 0 Å². The normalized spacial score (nSPS) is 19.4. The number of ether oxygens (including phenoxy) is 1. The maximum Gasteiger partial charge on any atom is 0.246 e. The van der Waals surface area contributed by atoms with Crippen LogP contribution in [0, 0.1) is 5.92 Å². The van der Waals surface area contributed by atoms with Gasteiger partial charge in [0.1, 0.15) is 23.9 Å². The molecule has 1 atom stereocenters. The summed E-state index contributed by atoms with van der Waals surface area (Å²) in [7, 11) is 0. The lowest BCUT2D eigenvalue weighted by molar-refractivity contribution is -0.162. The molecule has 2 heterocycles. The fourth-order valence-electron chi connectivity index (χ4n) is 5.77. The number of carbonyl (C=O) groups excluding carboxylic acids is 2. The molecule has 6 nitrogen and oxygen atoms in total. The summed E-state index contributed by atoms with van der Waals surface area (Å²) in [4.78, 5) is 31.6. The summed E-state index contributed by atoms with van der Waals surface area (Å²) in [5, 5.41) is 3.11. The molecule has 2 amide bonds. The SMILES string of the molecule is CC(C)CC1NC(=O)C2(CCN(Cc3ccc(OCc4ccccc4)cc3)CC2)N(Cc2ccccc2)C1=O. The van der Waals surface area contributed by atoms with Crippen LogP contribution >= 0.6 is 0 Å². The highest BCUT2D eigenvalue weighted by Crippen LogP contribution is 2.35. The Morgan fingerprint density at radius 1 is 0.821 bits per heavy atom. The van der Waals surface area contributed by atoms with Crippen molar-refractivity contribution in [1.82, 2.24) is 15.1 Å². The number of likely N-dealkylation sites (tertiary alicyclic amines) is 1. The van der Waals surface area contributed by atoms with Crippen LogP contribution in [0.4, 0.5) is 0 Å². The Kier molecular flexibility index (Phi) is 8.32. The number of amides is 2. The van der Waals surface area contributed by atoms with E-state index >= 15 is 0 Å². The average molecular weight is 526 g/mol. The zero-order valence-corrected chi connectivity index (χ0v) is 23.0. The molecule has 2 aliphatic heterocycles. The first-order valence-electron chi connectivity index (χ1n) is 14.1. The van der Waals surface area contributed by atoms with Gasteiger partial charge >= 0.3 is 0 Å². The smallest absolute Gasteiger partial charge is 0.246 e. The van der Waals surface area contributed by atoms with E-state index < -0.39 is 11.6 Å². The monoisotopic (exact) mass is 525 g/mol. The molecule has 2 fully saturated rings. The predicted molar refractivity (Wildman–Crippen MR) is 153 cm³/mol. The van der Waals surface area contributed by atoms with Gasteiger partial charge in [-0.3, -0.25) is 14.5 Å². The van der Waals surface area contributed by atoms with Gasteiger partial charge in [0.05, 0.1) is 0 Å². The van der Waals surface area contributed by atoms with Gasteiger partial charge < -0.3 is 15.0 Å². The van der Waals surface area contributed by atoms with Crippen molar-refractivity contribution in [2.75, 3.05) is 13.1 Å². The van der Waals surface area contributed by atoms with Crippen LogP contribution in [0.1, 0.15) is 49.8 Å². The van der Waals surface area contributed by atoms with Crippen LogP contribution in [0.2, 0.25) is 0 Å². The molecule has 204 valence electrons. The summed E-state index contributed by atoms with van der Waals surface area (Å²) in [6.07, 6.45) is 1.91. The van der Waals surface area contributed by atoms with Gasteiger partial charge in [0.25, 0.3) is 0 Å². The maximum atomic E-state index is 13.7. The Bertz CT molecular complexity index is 1240. The van der Waals surface area contributed by atoms with Gasteiger partial charge in [-0.15, -0.1) is 0 Å². The number of benzene rings is 3. The summed E-state index contributed by atoms with van der Waals surface area (Å²) >= 11 is 0. The zero-order chi connectivity index (χ0) is 27.2. The third-order valence-corrected chi connectivity index (χ3v) is 7.96. The Balaban J connectivity index is 1.23. The van der Waals surface area contributed by atoms with Gasteiger partial charge in [0.15, 0.2) is 0 Å². The molecule has 6 heteroatoms. The van der Waals surface area contributed by atoms with Crippen LogP contribution in [0.15, 0.2) is 84.9 Å². The van der Waals surface area contributed by atoms with Crippen molar-refractivity contribution in [3.63, 3.8) is 0 Å². The van der Waals surface area contributed by atoms with Crippen LogP contribution in [-0.2, 0) is 29.3 Å². The predicted octanol–water partition coefficient (Wildman–Crippen LogP) is 5.17. The van der Waals surface area contributed by atoms with Crippen molar-refractivity contribution in [2.24, 2.45) is 5.92 Å². The minimum Gasteiger partial charge on any atom is -0.489 e. The number of nitrogens with one attached hydrogen (secondary N) is 1. The van der Waals surface area contributed by atoms with Crippen molar-refractivity contribution < 1.29 is 14.3 Å². The Labute approximate surface area is 232 Å². The third kappa shape index (κ3) is 6.34. The fraction of sp³-hybridized carbons (Fsp3) is 0.394. The molecule has 1 spiro atoms. The quantitative estimate of drug-likeness (QED) is 0.419. The highest BCUT2D eigenvalue weighted by molar-refractivity contribution is 6.00. The molecule has 3 aromatic rings. The summed E-state index contributed by atoms with van der Waals surface area (Å²) in [6, 6.07) is 28.0. The standard InChI is InChI=1S/C33H39N3O3/c1-25(2)21-30-31(37)36(23-26-9-5-3-6-10-26)33(32(38)34-30)17-19-35(20-18-33)22-27-13-15-29(16-14-27)39-24-28-11-7-4-8-12-28/h3-16,25,30H,17-24H2,1-2H3,(H,34,38). The topological polar surface area (TPSA) is 61.9 Å².